The van der Waals surface area contributed by atoms with Crippen molar-refractivity contribution in [3.63, 3.8) is 0 Å². The molecule has 4 aromatic rings. The maximum Gasteiger partial charge on any atom is 0.322 e. The molecule has 0 saturated carbocycles. The fourth-order valence-corrected chi connectivity index (χ4v) is 3.92. The van der Waals surface area contributed by atoms with Crippen molar-refractivity contribution < 1.29 is 13.8 Å². The van der Waals surface area contributed by atoms with Crippen LogP contribution < -0.4 is 10.9 Å². The first-order valence-corrected chi connectivity index (χ1v) is 9.84. The molecular formula is C21H15ClFN5O3. The van der Waals surface area contributed by atoms with Crippen molar-refractivity contribution in [3.8, 4) is 11.1 Å². The topological polar surface area (TPSA) is 104 Å². The Morgan fingerprint density at radius 1 is 1.16 bits per heavy atom. The van der Waals surface area contributed by atoms with Gasteiger partial charge in [-0.3, -0.25) is 4.79 Å². The lowest BCUT2D eigenvalue weighted by atomic mass is 10.0. The fraction of sp³-hybridized carbons (Fsp3) is 0.143. The number of amides is 2. The summed E-state index contributed by atoms with van der Waals surface area (Å²) in [6, 6.07) is 8.87. The molecule has 2 aromatic heterocycles. The monoisotopic (exact) mass is 439 g/mol. The molecular weight excluding hydrogens is 425 g/mol. The molecule has 1 aliphatic rings. The van der Waals surface area contributed by atoms with Gasteiger partial charge in [-0.15, -0.1) is 0 Å². The molecule has 0 radical (unpaired) electrons. The van der Waals surface area contributed by atoms with Crippen molar-refractivity contribution in [2.45, 2.75) is 13.0 Å². The number of urea groups is 1. The molecule has 8 nitrogen and oxygen atoms in total. The highest BCUT2D eigenvalue weighted by atomic mass is 35.5. The highest BCUT2D eigenvalue weighted by Gasteiger charge is 2.22. The van der Waals surface area contributed by atoms with E-state index >= 15 is 0 Å². The van der Waals surface area contributed by atoms with Gasteiger partial charge in [0.2, 0.25) is 5.56 Å². The van der Waals surface area contributed by atoms with Crippen molar-refractivity contribution in [1.29, 1.82) is 0 Å². The first-order valence-electron chi connectivity index (χ1n) is 9.46. The quantitative estimate of drug-likeness (QED) is 0.492. The second kappa shape index (κ2) is 7.51. The minimum absolute atomic E-state index is 0.0183. The van der Waals surface area contributed by atoms with Gasteiger partial charge in [-0.25, -0.2) is 13.8 Å². The number of nitrogens with zero attached hydrogens (tertiary/aromatic N) is 3. The van der Waals surface area contributed by atoms with Crippen molar-refractivity contribution in [2.75, 3.05) is 11.9 Å². The minimum Gasteiger partial charge on any atom is -0.329 e. The number of aromatic nitrogens is 3. The van der Waals surface area contributed by atoms with Crippen LogP contribution in [0.3, 0.4) is 0 Å². The van der Waals surface area contributed by atoms with E-state index in [9.17, 15) is 14.0 Å². The Kier molecular flexibility index (Phi) is 4.67. The van der Waals surface area contributed by atoms with E-state index in [2.05, 4.69) is 25.2 Å². The van der Waals surface area contributed by atoms with Crippen LogP contribution in [0.2, 0.25) is 5.02 Å². The van der Waals surface area contributed by atoms with E-state index < -0.39 is 11.8 Å². The molecule has 2 aromatic carbocycles. The zero-order chi connectivity index (χ0) is 21.5. The largest absolute Gasteiger partial charge is 0.329 e. The number of anilines is 1. The molecule has 10 heteroatoms. The number of halogens is 2. The average molecular weight is 440 g/mol. The van der Waals surface area contributed by atoms with Crippen LogP contribution in [0.25, 0.3) is 22.2 Å². The minimum atomic E-state index is -0.618. The normalized spacial score (nSPS) is 13.3. The van der Waals surface area contributed by atoms with Crippen LogP contribution in [0.1, 0.15) is 11.1 Å². The summed E-state index contributed by atoms with van der Waals surface area (Å²) in [4.78, 5) is 28.3. The maximum atomic E-state index is 14.8. The van der Waals surface area contributed by atoms with Gasteiger partial charge in [-0.05, 0) is 57.7 Å². The predicted octanol–water partition coefficient (Wildman–Crippen LogP) is 3.96. The number of pyridine rings is 1. The molecule has 1 aliphatic heterocycles. The van der Waals surface area contributed by atoms with Crippen LogP contribution in [0.4, 0.5) is 14.9 Å². The summed E-state index contributed by atoms with van der Waals surface area (Å²) in [6.07, 6.45) is 2.15. The standard InChI is InChI=1S/C21H15ClFN5O3/c22-15-8-18(16(23)7-14(15)12-1-2-17-19(5-12)27-31-26-17)25-21(30)28-4-3-11-6-20(29)24-9-13(11)10-28/h1-2,5-9H,3-4,10H2,(H,24,29)(H,25,30). The van der Waals surface area contributed by atoms with Crippen LogP contribution in [0.15, 0.2) is 52.0 Å². The fourth-order valence-electron chi connectivity index (χ4n) is 3.64. The number of H-pyrrole nitrogens is 1. The van der Waals surface area contributed by atoms with E-state index in [-0.39, 0.29) is 16.3 Å². The Hall–Kier alpha value is -3.72. The van der Waals surface area contributed by atoms with E-state index in [1.54, 1.807) is 29.3 Å². The highest BCUT2D eigenvalue weighted by molar-refractivity contribution is 6.33. The summed E-state index contributed by atoms with van der Waals surface area (Å²) < 4.78 is 19.5. The second-order valence-electron chi connectivity index (χ2n) is 7.23. The van der Waals surface area contributed by atoms with Crippen molar-refractivity contribution >= 4 is 34.4 Å². The molecule has 0 atom stereocenters. The summed E-state index contributed by atoms with van der Waals surface area (Å²) in [5.41, 5.74) is 3.78. The van der Waals surface area contributed by atoms with Gasteiger partial charge in [0.25, 0.3) is 0 Å². The number of fused-ring (bicyclic) bond motifs is 2. The molecule has 5 rings (SSSR count). The highest BCUT2D eigenvalue weighted by Crippen LogP contribution is 2.34. The maximum absolute atomic E-state index is 14.8. The van der Waals surface area contributed by atoms with Gasteiger partial charge in [0.15, 0.2) is 0 Å². The Bertz CT molecular complexity index is 1380. The van der Waals surface area contributed by atoms with E-state index in [0.717, 1.165) is 11.1 Å². The molecule has 2 N–H and O–H groups in total. The van der Waals surface area contributed by atoms with E-state index in [1.807, 2.05) is 0 Å². The summed E-state index contributed by atoms with van der Waals surface area (Å²) in [5.74, 6) is -0.618. The van der Waals surface area contributed by atoms with E-state index in [4.69, 9.17) is 11.6 Å². The van der Waals surface area contributed by atoms with Gasteiger partial charge in [0, 0.05) is 30.9 Å². The average Bonchev–Trinajstić information content (AvgIpc) is 3.23. The summed E-state index contributed by atoms with van der Waals surface area (Å²) in [6.45, 7) is 0.735. The predicted molar refractivity (Wildman–Crippen MR) is 112 cm³/mol. The smallest absolute Gasteiger partial charge is 0.322 e. The van der Waals surface area contributed by atoms with E-state index in [0.29, 0.717) is 41.7 Å². The number of carbonyl (C=O) groups is 1. The van der Waals surface area contributed by atoms with Crippen molar-refractivity contribution in [1.82, 2.24) is 20.2 Å². The zero-order valence-corrected chi connectivity index (χ0v) is 16.7. The van der Waals surface area contributed by atoms with Gasteiger partial charge in [0.1, 0.15) is 16.9 Å². The lowest BCUT2D eigenvalue weighted by molar-refractivity contribution is 0.206. The lowest BCUT2D eigenvalue weighted by Gasteiger charge is -2.28. The van der Waals surface area contributed by atoms with Crippen LogP contribution >= 0.6 is 11.6 Å². The van der Waals surface area contributed by atoms with Crippen LogP contribution in [-0.4, -0.2) is 32.8 Å². The summed E-state index contributed by atoms with van der Waals surface area (Å²) >= 11 is 6.39. The first kappa shape index (κ1) is 19.3. The SMILES string of the molecule is O=C(Nc1cc(Cl)c(-c2ccc3nonc3c2)cc1F)N1CCc2cc(=O)[nH]cc2C1. The third-order valence-electron chi connectivity index (χ3n) is 5.27. The molecule has 0 unspecified atom stereocenters. The van der Waals surface area contributed by atoms with Gasteiger partial charge in [0.05, 0.1) is 10.7 Å². The van der Waals surface area contributed by atoms with E-state index in [1.165, 1.54) is 18.2 Å². The molecule has 0 spiro atoms. The van der Waals surface area contributed by atoms with Gasteiger partial charge in [-0.1, -0.05) is 17.7 Å². The number of benzene rings is 2. The second-order valence-corrected chi connectivity index (χ2v) is 7.64. The third kappa shape index (κ3) is 3.64. The molecule has 31 heavy (non-hydrogen) atoms. The Labute approximate surface area is 179 Å². The van der Waals surface area contributed by atoms with Gasteiger partial charge >= 0.3 is 6.03 Å². The molecule has 0 saturated heterocycles. The van der Waals surface area contributed by atoms with Crippen LogP contribution in [0, 0.1) is 5.82 Å². The number of aromatic amines is 1. The van der Waals surface area contributed by atoms with Crippen LogP contribution in [-0.2, 0) is 13.0 Å². The number of rotatable bonds is 2. The Balaban J connectivity index is 1.37. The van der Waals surface area contributed by atoms with Crippen LogP contribution in [0.5, 0.6) is 0 Å². The number of hydrogen-bond acceptors (Lipinski definition) is 5. The number of carbonyl (C=O) groups excluding carboxylic acids is 1. The van der Waals surface area contributed by atoms with Gasteiger partial charge in [-0.2, -0.15) is 0 Å². The van der Waals surface area contributed by atoms with Crippen molar-refractivity contribution in [2.24, 2.45) is 0 Å². The summed E-state index contributed by atoms with van der Waals surface area (Å²) in [7, 11) is 0. The molecule has 0 fully saturated rings. The number of nitrogens with one attached hydrogen (secondary N) is 2. The molecule has 0 aliphatic carbocycles. The Morgan fingerprint density at radius 2 is 2.00 bits per heavy atom. The molecule has 3 heterocycles. The summed E-state index contributed by atoms with van der Waals surface area (Å²) in [5, 5.41) is 10.4. The molecule has 0 bridgehead atoms. The zero-order valence-electron chi connectivity index (χ0n) is 16.0. The molecule has 156 valence electrons. The van der Waals surface area contributed by atoms with Gasteiger partial charge < -0.3 is 15.2 Å². The third-order valence-corrected chi connectivity index (χ3v) is 5.58. The first-order chi connectivity index (χ1) is 15.0. The molecule has 2 amide bonds. The lowest BCUT2D eigenvalue weighted by Crippen LogP contribution is -2.39. The van der Waals surface area contributed by atoms with Crippen molar-refractivity contribution in [3.05, 3.63) is 74.9 Å². The number of hydrogen-bond donors (Lipinski definition) is 2. The Morgan fingerprint density at radius 3 is 2.87 bits per heavy atom.